The van der Waals surface area contributed by atoms with Crippen molar-refractivity contribution in [3.05, 3.63) is 89.9 Å². The van der Waals surface area contributed by atoms with Crippen molar-refractivity contribution in [2.75, 3.05) is 5.32 Å². The van der Waals surface area contributed by atoms with Gasteiger partial charge in [0.2, 0.25) is 5.91 Å². The monoisotopic (exact) mass is 505 g/mol. The zero-order chi connectivity index (χ0) is 25.5. The number of hydrogen-bond acceptors (Lipinski definition) is 6. The molecule has 5 aromatic rings. The zero-order valence-corrected chi connectivity index (χ0v) is 21.2. The molecular formula is C29H23N5O2S. The molecule has 1 N–H and O–H groups in total. The van der Waals surface area contributed by atoms with Crippen LogP contribution in [-0.2, 0) is 17.6 Å². The number of carbonyl (C=O) groups is 2. The molecule has 3 heterocycles. The fourth-order valence-electron chi connectivity index (χ4n) is 4.84. The molecule has 7 nitrogen and oxygen atoms in total. The van der Waals surface area contributed by atoms with Gasteiger partial charge in [0.15, 0.2) is 10.9 Å². The van der Waals surface area contributed by atoms with Gasteiger partial charge in [-0.3, -0.25) is 14.6 Å². The van der Waals surface area contributed by atoms with Crippen molar-refractivity contribution in [1.29, 1.82) is 0 Å². The molecular weight excluding hydrogens is 482 g/mol. The number of Topliss-reactive ketones (excluding diaryl/α,β-unsaturated/α-hetero) is 1. The number of benzene rings is 2. The Morgan fingerprint density at radius 2 is 1.81 bits per heavy atom. The molecule has 2 aromatic carbocycles. The van der Waals surface area contributed by atoms with Gasteiger partial charge in [0.25, 0.3) is 0 Å². The minimum atomic E-state index is -0.146. The first kappa shape index (κ1) is 23.0. The molecule has 0 unspecified atom stereocenters. The quantitative estimate of drug-likeness (QED) is 0.297. The Hall–Kier alpha value is -4.43. The lowest BCUT2D eigenvalue weighted by atomic mass is 9.95. The first-order valence-corrected chi connectivity index (χ1v) is 12.8. The number of thiazole rings is 1. The lowest BCUT2D eigenvalue weighted by molar-refractivity contribution is -0.114. The van der Waals surface area contributed by atoms with Crippen molar-refractivity contribution in [2.24, 2.45) is 0 Å². The summed E-state index contributed by atoms with van der Waals surface area (Å²) < 4.78 is 1.96. The van der Waals surface area contributed by atoms with Gasteiger partial charge in [-0.25, -0.2) is 9.67 Å². The predicted molar refractivity (Wildman–Crippen MR) is 145 cm³/mol. The number of fused-ring (bicyclic) bond motifs is 3. The van der Waals surface area contributed by atoms with Crippen LogP contribution in [0.3, 0.4) is 0 Å². The maximum Gasteiger partial charge on any atom is 0.223 e. The fraction of sp³-hybridized carbons (Fsp3) is 0.138. The molecule has 8 heteroatoms. The Morgan fingerprint density at radius 1 is 0.973 bits per heavy atom. The van der Waals surface area contributed by atoms with Crippen LogP contribution in [0.1, 0.15) is 35.5 Å². The van der Waals surface area contributed by atoms with Gasteiger partial charge in [0.1, 0.15) is 0 Å². The largest absolute Gasteiger partial charge is 0.302 e. The van der Waals surface area contributed by atoms with Crippen LogP contribution in [0.5, 0.6) is 0 Å². The number of aromatic nitrogens is 4. The van der Waals surface area contributed by atoms with Crippen molar-refractivity contribution >= 4 is 28.2 Å². The number of nitrogens with zero attached hydrogens (tertiary/aromatic N) is 4. The molecule has 182 valence electrons. The Labute approximate surface area is 217 Å². The lowest BCUT2D eigenvalue weighted by Gasteiger charge is -2.15. The molecule has 1 aliphatic rings. The van der Waals surface area contributed by atoms with Crippen LogP contribution in [0.25, 0.3) is 38.6 Å². The van der Waals surface area contributed by atoms with Gasteiger partial charge in [-0.2, -0.15) is 5.10 Å². The van der Waals surface area contributed by atoms with E-state index in [9.17, 15) is 9.59 Å². The van der Waals surface area contributed by atoms with Crippen LogP contribution in [-0.4, -0.2) is 31.4 Å². The zero-order valence-electron chi connectivity index (χ0n) is 20.4. The van der Waals surface area contributed by atoms with E-state index >= 15 is 0 Å². The highest BCUT2D eigenvalue weighted by molar-refractivity contribution is 7.19. The molecule has 0 bridgehead atoms. The minimum absolute atomic E-state index is 0.0242. The number of amides is 1. The van der Waals surface area contributed by atoms with Crippen LogP contribution in [0.4, 0.5) is 5.13 Å². The van der Waals surface area contributed by atoms with Crippen molar-refractivity contribution in [1.82, 2.24) is 19.7 Å². The molecule has 1 aliphatic carbocycles. The van der Waals surface area contributed by atoms with Gasteiger partial charge in [-0.15, -0.1) is 0 Å². The van der Waals surface area contributed by atoms with E-state index in [-0.39, 0.29) is 11.7 Å². The summed E-state index contributed by atoms with van der Waals surface area (Å²) in [5.74, 6) is -0.121. The van der Waals surface area contributed by atoms with E-state index < -0.39 is 0 Å². The SMILES string of the molecule is CC(=O)Nc1nc2c(s1)-c1c(c(-c3cccnc3)nn1-c1cccc(-c3ccccc3C(C)=O)c1)CC2. The molecule has 0 atom stereocenters. The van der Waals surface area contributed by atoms with E-state index in [1.54, 1.807) is 13.1 Å². The number of carbonyl (C=O) groups excluding carboxylic acids is 2. The summed E-state index contributed by atoms with van der Waals surface area (Å²) in [5.41, 5.74) is 8.29. The van der Waals surface area contributed by atoms with Crippen LogP contribution < -0.4 is 5.32 Å². The summed E-state index contributed by atoms with van der Waals surface area (Å²) in [4.78, 5) is 34.0. The van der Waals surface area contributed by atoms with E-state index in [0.29, 0.717) is 10.7 Å². The first-order valence-electron chi connectivity index (χ1n) is 12.0. The highest BCUT2D eigenvalue weighted by Gasteiger charge is 2.30. The Morgan fingerprint density at radius 3 is 2.59 bits per heavy atom. The maximum atomic E-state index is 12.3. The summed E-state index contributed by atoms with van der Waals surface area (Å²) in [6.07, 6.45) is 5.13. The van der Waals surface area contributed by atoms with Gasteiger partial charge in [0.05, 0.1) is 27.6 Å². The molecule has 6 rings (SSSR count). The third kappa shape index (κ3) is 4.15. The van der Waals surface area contributed by atoms with E-state index in [1.807, 2.05) is 65.5 Å². The number of aryl methyl sites for hydroxylation is 1. The molecule has 1 amide bonds. The van der Waals surface area contributed by atoms with Gasteiger partial charge >= 0.3 is 0 Å². The number of pyridine rings is 1. The highest BCUT2D eigenvalue weighted by atomic mass is 32.1. The van der Waals surface area contributed by atoms with E-state index in [0.717, 1.165) is 62.7 Å². The second-order valence-corrected chi connectivity index (χ2v) is 9.96. The van der Waals surface area contributed by atoms with Crippen molar-refractivity contribution < 1.29 is 9.59 Å². The van der Waals surface area contributed by atoms with Crippen LogP contribution in [0.2, 0.25) is 0 Å². The Balaban J connectivity index is 1.56. The van der Waals surface area contributed by atoms with Crippen molar-refractivity contribution in [3.63, 3.8) is 0 Å². The third-order valence-corrected chi connectivity index (χ3v) is 7.45. The minimum Gasteiger partial charge on any atom is -0.302 e. The normalized spacial score (nSPS) is 12.1. The maximum absolute atomic E-state index is 12.3. The molecule has 3 aromatic heterocycles. The summed E-state index contributed by atoms with van der Waals surface area (Å²) in [6.45, 7) is 3.08. The number of hydrogen-bond donors (Lipinski definition) is 1. The lowest BCUT2D eigenvalue weighted by Crippen LogP contribution is -2.07. The van der Waals surface area contributed by atoms with E-state index in [2.05, 4.69) is 16.4 Å². The van der Waals surface area contributed by atoms with Crippen LogP contribution >= 0.6 is 11.3 Å². The molecule has 37 heavy (non-hydrogen) atoms. The number of nitrogens with one attached hydrogen (secondary N) is 1. The first-order chi connectivity index (χ1) is 18.0. The summed E-state index contributed by atoms with van der Waals surface area (Å²) in [5, 5.41) is 8.52. The third-order valence-electron chi connectivity index (χ3n) is 6.43. The Kier molecular flexibility index (Phi) is 5.73. The molecule has 0 saturated heterocycles. The average Bonchev–Trinajstić information content (AvgIpc) is 3.50. The van der Waals surface area contributed by atoms with E-state index in [4.69, 9.17) is 10.1 Å². The van der Waals surface area contributed by atoms with Crippen LogP contribution in [0, 0.1) is 0 Å². The van der Waals surface area contributed by atoms with Gasteiger partial charge in [-0.1, -0.05) is 47.7 Å². The number of anilines is 1. The summed E-state index contributed by atoms with van der Waals surface area (Å²) >= 11 is 1.47. The average molecular weight is 506 g/mol. The van der Waals surface area contributed by atoms with Gasteiger partial charge in [0, 0.05) is 36.0 Å². The van der Waals surface area contributed by atoms with Gasteiger partial charge < -0.3 is 5.32 Å². The standard InChI is InChI=1S/C29H23N5O2S/c1-17(35)22-10-3-4-11-23(22)19-7-5-9-21(15-19)34-27-24(26(33-34)20-8-6-14-30-16-20)12-13-25-28(27)37-29(32-25)31-18(2)36/h3-11,14-16H,12-13H2,1-2H3,(H,31,32,36). The van der Waals surface area contributed by atoms with Crippen LogP contribution in [0.15, 0.2) is 73.1 Å². The molecule has 0 saturated carbocycles. The molecule has 0 radical (unpaired) electrons. The smallest absolute Gasteiger partial charge is 0.223 e. The summed E-state index contributed by atoms with van der Waals surface area (Å²) in [6, 6.07) is 19.7. The predicted octanol–water partition coefficient (Wildman–Crippen LogP) is 5.98. The number of rotatable bonds is 5. The van der Waals surface area contributed by atoms with Crippen molar-refractivity contribution in [2.45, 2.75) is 26.7 Å². The second-order valence-electron chi connectivity index (χ2n) is 8.96. The molecule has 0 fully saturated rings. The topological polar surface area (TPSA) is 89.8 Å². The molecule has 0 spiro atoms. The fourth-order valence-corrected chi connectivity index (χ4v) is 5.96. The highest BCUT2D eigenvalue weighted by Crippen LogP contribution is 2.44. The second kappa shape index (κ2) is 9.22. The van der Waals surface area contributed by atoms with Crippen molar-refractivity contribution in [3.8, 4) is 38.6 Å². The van der Waals surface area contributed by atoms with E-state index in [1.165, 1.54) is 18.3 Å². The molecule has 0 aliphatic heterocycles. The summed E-state index contributed by atoms with van der Waals surface area (Å²) in [7, 11) is 0. The Bertz CT molecular complexity index is 1670. The number of ketones is 1. The van der Waals surface area contributed by atoms with Gasteiger partial charge in [-0.05, 0) is 55.2 Å².